The highest BCUT2D eigenvalue weighted by Crippen LogP contribution is 2.26. The second-order valence-electron chi connectivity index (χ2n) is 5.97. The Bertz CT molecular complexity index is 499. The molecule has 0 radical (unpaired) electrons. The molecule has 2 unspecified atom stereocenters. The van der Waals surface area contributed by atoms with Gasteiger partial charge in [-0.1, -0.05) is 30.7 Å². The molecule has 22 heavy (non-hydrogen) atoms. The number of likely N-dealkylation sites (tertiary alicyclic amines) is 1. The molecule has 0 aromatic heterocycles. The van der Waals surface area contributed by atoms with Crippen molar-refractivity contribution >= 4 is 17.5 Å². The number of hydrogen-bond acceptors (Lipinski definition) is 3. The molecule has 1 fully saturated rings. The SMILES string of the molecule is CCC(Oc1ccccc1Cl)C(=O)N1CCC(C(C)N)CC1. The molecule has 1 saturated heterocycles. The van der Waals surface area contributed by atoms with E-state index in [4.69, 9.17) is 22.1 Å². The van der Waals surface area contributed by atoms with Crippen LogP contribution in [-0.4, -0.2) is 36.0 Å². The summed E-state index contributed by atoms with van der Waals surface area (Å²) in [5.41, 5.74) is 5.95. The van der Waals surface area contributed by atoms with Crippen molar-refractivity contribution in [1.82, 2.24) is 4.90 Å². The van der Waals surface area contributed by atoms with Gasteiger partial charge in [-0.15, -0.1) is 0 Å². The second kappa shape index (κ2) is 7.84. The number of carbonyl (C=O) groups excluding carboxylic acids is 1. The topological polar surface area (TPSA) is 55.6 Å². The molecule has 1 aliphatic heterocycles. The van der Waals surface area contributed by atoms with Crippen LogP contribution >= 0.6 is 11.6 Å². The lowest BCUT2D eigenvalue weighted by Crippen LogP contribution is -2.47. The van der Waals surface area contributed by atoms with Crippen LogP contribution in [0.15, 0.2) is 24.3 Å². The number of carbonyl (C=O) groups is 1. The van der Waals surface area contributed by atoms with Crippen molar-refractivity contribution in [3.8, 4) is 5.75 Å². The molecular formula is C17H25ClN2O2. The molecule has 0 saturated carbocycles. The van der Waals surface area contributed by atoms with Crippen molar-refractivity contribution in [3.63, 3.8) is 0 Å². The Kier molecular flexibility index (Phi) is 6.09. The van der Waals surface area contributed by atoms with E-state index in [1.54, 1.807) is 12.1 Å². The van der Waals surface area contributed by atoms with Gasteiger partial charge in [-0.25, -0.2) is 0 Å². The fourth-order valence-corrected chi connectivity index (χ4v) is 3.03. The largest absolute Gasteiger partial charge is 0.479 e. The Hall–Kier alpha value is -1.26. The quantitative estimate of drug-likeness (QED) is 0.905. The van der Waals surface area contributed by atoms with Crippen LogP contribution in [0.25, 0.3) is 0 Å². The van der Waals surface area contributed by atoms with Gasteiger partial charge in [0.15, 0.2) is 6.10 Å². The average molecular weight is 325 g/mol. The molecule has 1 amide bonds. The van der Waals surface area contributed by atoms with E-state index in [1.807, 2.05) is 30.9 Å². The fraction of sp³-hybridized carbons (Fsp3) is 0.588. The predicted molar refractivity (Wildman–Crippen MR) is 89.1 cm³/mol. The van der Waals surface area contributed by atoms with Crippen LogP contribution in [0.2, 0.25) is 5.02 Å². The number of nitrogens with two attached hydrogens (primary N) is 1. The molecule has 2 N–H and O–H groups in total. The molecule has 122 valence electrons. The number of para-hydroxylation sites is 1. The van der Waals surface area contributed by atoms with Gasteiger partial charge in [0.25, 0.3) is 5.91 Å². The summed E-state index contributed by atoms with van der Waals surface area (Å²) in [7, 11) is 0. The molecule has 2 atom stereocenters. The van der Waals surface area contributed by atoms with Crippen LogP contribution in [0.4, 0.5) is 0 Å². The maximum atomic E-state index is 12.6. The molecule has 2 rings (SSSR count). The van der Waals surface area contributed by atoms with Crippen LogP contribution in [0.3, 0.4) is 0 Å². The molecule has 4 nitrogen and oxygen atoms in total. The Morgan fingerprint density at radius 2 is 2.05 bits per heavy atom. The standard InChI is InChI=1S/C17H25ClN2O2/c1-3-15(22-16-7-5-4-6-14(16)18)17(21)20-10-8-13(9-11-20)12(2)19/h4-7,12-13,15H,3,8-11,19H2,1-2H3. The molecule has 1 aromatic rings. The van der Waals surface area contributed by atoms with Crippen molar-refractivity contribution < 1.29 is 9.53 Å². The first-order chi connectivity index (χ1) is 10.5. The van der Waals surface area contributed by atoms with E-state index < -0.39 is 6.10 Å². The normalized spacial score (nSPS) is 18.8. The highest BCUT2D eigenvalue weighted by atomic mass is 35.5. The summed E-state index contributed by atoms with van der Waals surface area (Å²) in [4.78, 5) is 14.5. The first-order valence-corrected chi connectivity index (χ1v) is 8.36. The van der Waals surface area contributed by atoms with Crippen molar-refractivity contribution in [2.24, 2.45) is 11.7 Å². The Balaban J connectivity index is 1.97. The van der Waals surface area contributed by atoms with Gasteiger partial charge < -0.3 is 15.4 Å². The molecular weight excluding hydrogens is 300 g/mol. The number of rotatable bonds is 5. The third-order valence-electron chi connectivity index (χ3n) is 4.35. The van der Waals surface area contributed by atoms with Gasteiger partial charge in [0.1, 0.15) is 5.75 Å². The van der Waals surface area contributed by atoms with Gasteiger partial charge >= 0.3 is 0 Å². The van der Waals surface area contributed by atoms with Crippen LogP contribution in [0, 0.1) is 5.92 Å². The van der Waals surface area contributed by atoms with Crippen molar-refractivity contribution in [1.29, 1.82) is 0 Å². The van der Waals surface area contributed by atoms with E-state index in [1.165, 1.54) is 0 Å². The van der Waals surface area contributed by atoms with E-state index in [0.717, 1.165) is 25.9 Å². The van der Waals surface area contributed by atoms with Gasteiger partial charge in [-0.05, 0) is 44.2 Å². The molecule has 0 bridgehead atoms. The van der Waals surface area contributed by atoms with Gasteiger partial charge in [0.2, 0.25) is 0 Å². The van der Waals surface area contributed by atoms with Gasteiger partial charge in [-0.2, -0.15) is 0 Å². The smallest absolute Gasteiger partial charge is 0.263 e. The maximum Gasteiger partial charge on any atom is 0.263 e. The van der Waals surface area contributed by atoms with Gasteiger partial charge in [0, 0.05) is 19.1 Å². The van der Waals surface area contributed by atoms with E-state index >= 15 is 0 Å². The maximum absolute atomic E-state index is 12.6. The lowest BCUT2D eigenvalue weighted by Gasteiger charge is -2.35. The van der Waals surface area contributed by atoms with E-state index in [2.05, 4.69) is 0 Å². The molecule has 0 aliphatic carbocycles. The minimum atomic E-state index is -0.480. The highest BCUT2D eigenvalue weighted by molar-refractivity contribution is 6.32. The summed E-state index contributed by atoms with van der Waals surface area (Å²) in [6.07, 6.45) is 2.07. The summed E-state index contributed by atoms with van der Waals surface area (Å²) < 4.78 is 5.84. The monoisotopic (exact) mass is 324 g/mol. The predicted octanol–water partition coefficient (Wildman–Crippen LogP) is 3.08. The number of hydrogen-bond donors (Lipinski definition) is 1. The average Bonchev–Trinajstić information content (AvgIpc) is 2.53. The summed E-state index contributed by atoms with van der Waals surface area (Å²) >= 11 is 6.11. The number of piperidine rings is 1. The minimum Gasteiger partial charge on any atom is -0.479 e. The minimum absolute atomic E-state index is 0.0468. The third-order valence-corrected chi connectivity index (χ3v) is 4.66. The Morgan fingerprint density at radius 1 is 1.41 bits per heavy atom. The Morgan fingerprint density at radius 3 is 2.59 bits per heavy atom. The van der Waals surface area contributed by atoms with Crippen molar-refractivity contribution in [2.75, 3.05) is 13.1 Å². The van der Waals surface area contributed by atoms with E-state index in [-0.39, 0.29) is 11.9 Å². The highest BCUT2D eigenvalue weighted by Gasteiger charge is 2.29. The van der Waals surface area contributed by atoms with Crippen LogP contribution in [-0.2, 0) is 4.79 Å². The number of nitrogens with zero attached hydrogens (tertiary/aromatic N) is 1. The van der Waals surface area contributed by atoms with Crippen LogP contribution in [0.1, 0.15) is 33.1 Å². The number of benzene rings is 1. The lowest BCUT2D eigenvalue weighted by molar-refractivity contribution is -0.140. The molecule has 1 heterocycles. The van der Waals surface area contributed by atoms with E-state index in [9.17, 15) is 4.79 Å². The summed E-state index contributed by atoms with van der Waals surface area (Å²) in [6.45, 7) is 5.51. The summed E-state index contributed by atoms with van der Waals surface area (Å²) in [5.74, 6) is 1.12. The van der Waals surface area contributed by atoms with Gasteiger partial charge in [-0.3, -0.25) is 4.79 Å². The number of ether oxygens (including phenoxy) is 1. The second-order valence-corrected chi connectivity index (χ2v) is 6.37. The Labute approximate surface area is 137 Å². The van der Waals surface area contributed by atoms with Crippen LogP contribution in [0.5, 0.6) is 5.75 Å². The summed E-state index contributed by atoms with van der Waals surface area (Å²) in [5, 5.41) is 0.532. The van der Waals surface area contributed by atoms with E-state index in [0.29, 0.717) is 23.1 Å². The lowest BCUT2D eigenvalue weighted by atomic mass is 9.91. The third kappa shape index (κ3) is 4.14. The number of halogens is 1. The van der Waals surface area contributed by atoms with Gasteiger partial charge in [0.05, 0.1) is 5.02 Å². The summed E-state index contributed by atoms with van der Waals surface area (Å²) in [6, 6.07) is 7.45. The first kappa shape index (κ1) is 17.1. The van der Waals surface area contributed by atoms with Crippen molar-refractivity contribution in [3.05, 3.63) is 29.3 Å². The first-order valence-electron chi connectivity index (χ1n) is 7.98. The molecule has 1 aliphatic rings. The molecule has 5 heteroatoms. The van der Waals surface area contributed by atoms with Crippen molar-refractivity contribution in [2.45, 2.75) is 45.3 Å². The fourth-order valence-electron chi connectivity index (χ4n) is 2.85. The zero-order valence-electron chi connectivity index (χ0n) is 13.3. The zero-order valence-corrected chi connectivity index (χ0v) is 14.1. The number of amides is 1. The molecule has 0 spiro atoms. The zero-order chi connectivity index (χ0) is 16.1. The molecule has 1 aromatic carbocycles. The van der Waals surface area contributed by atoms with Crippen LogP contribution < -0.4 is 10.5 Å².